The summed E-state index contributed by atoms with van der Waals surface area (Å²) < 4.78 is 14.1. The predicted molar refractivity (Wildman–Crippen MR) is 112 cm³/mol. The van der Waals surface area contributed by atoms with E-state index in [1.807, 2.05) is 11.0 Å². The van der Waals surface area contributed by atoms with Crippen molar-refractivity contribution >= 4 is 46.7 Å². The summed E-state index contributed by atoms with van der Waals surface area (Å²) in [6.07, 6.45) is 0. The minimum absolute atomic E-state index is 0.0729. The lowest BCUT2D eigenvalue weighted by Crippen LogP contribution is -2.46. The fourth-order valence-electron chi connectivity index (χ4n) is 2.91. The number of carbonyl (C=O) groups is 1. The van der Waals surface area contributed by atoms with E-state index in [-0.39, 0.29) is 10.6 Å². The summed E-state index contributed by atoms with van der Waals surface area (Å²) in [5.41, 5.74) is 7.32. The second-order valence-corrected chi connectivity index (χ2v) is 6.54. The summed E-state index contributed by atoms with van der Waals surface area (Å²) in [7, 11) is 0. The third kappa shape index (κ3) is 5.09. The molecule has 0 unspecified atom stereocenters. The molecule has 0 radical (unpaired) electrons. The van der Waals surface area contributed by atoms with E-state index in [0.29, 0.717) is 37.4 Å². The second kappa shape index (κ2) is 9.88. The van der Waals surface area contributed by atoms with Crippen LogP contribution in [0.5, 0.6) is 0 Å². The Hall–Kier alpha value is -2.89. The Kier molecular flexibility index (Phi) is 7.55. The highest BCUT2D eigenvalue weighted by Crippen LogP contribution is 2.27. The third-order valence-corrected chi connectivity index (χ3v) is 4.56. The first-order valence-corrected chi connectivity index (χ1v) is 9.14. The number of benzene rings is 2. The van der Waals surface area contributed by atoms with E-state index in [1.165, 1.54) is 12.1 Å². The smallest absolute Gasteiger partial charge is 0.337 e. The second-order valence-electron chi connectivity index (χ2n) is 5.86. The number of aromatic carboxylic acids is 1. The Bertz CT molecular complexity index is 911. The molecule has 3 N–H and O–H groups in total. The van der Waals surface area contributed by atoms with Gasteiger partial charge in [0.1, 0.15) is 5.82 Å². The van der Waals surface area contributed by atoms with Crippen LogP contribution in [0.4, 0.5) is 15.8 Å². The van der Waals surface area contributed by atoms with Gasteiger partial charge < -0.3 is 20.6 Å². The molecule has 0 aliphatic carbocycles. The van der Waals surface area contributed by atoms with Crippen molar-refractivity contribution in [1.82, 2.24) is 0 Å². The number of hydrogen-bond donors (Lipinski definition) is 2. The largest absolute Gasteiger partial charge is 0.478 e. The van der Waals surface area contributed by atoms with Crippen molar-refractivity contribution in [1.29, 1.82) is 5.26 Å². The molecule has 1 saturated heterocycles. The van der Waals surface area contributed by atoms with Gasteiger partial charge in [-0.25, -0.2) is 9.18 Å². The van der Waals surface area contributed by atoms with Crippen LogP contribution in [0.3, 0.4) is 0 Å². The van der Waals surface area contributed by atoms with E-state index in [2.05, 4.69) is 22.9 Å². The van der Waals surface area contributed by atoms with E-state index in [1.54, 1.807) is 24.3 Å². The van der Waals surface area contributed by atoms with Gasteiger partial charge in [-0.15, -0.1) is 0 Å². The summed E-state index contributed by atoms with van der Waals surface area (Å²) in [6.45, 7) is 2.53. The number of carboxylic acid groups (broad SMARTS) is 1. The van der Waals surface area contributed by atoms with Crippen LogP contribution < -0.4 is 15.5 Å². The van der Waals surface area contributed by atoms with Crippen molar-refractivity contribution in [3.63, 3.8) is 0 Å². The topological polar surface area (TPSA) is 93.6 Å². The zero-order valence-electron chi connectivity index (χ0n) is 14.8. The Morgan fingerprint density at radius 3 is 2.32 bits per heavy atom. The van der Waals surface area contributed by atoms with Crippen molar-refractivity contribution in [3.8, 4) is 6.07 Å². The predicted octanol–water partition coefficient (Wildman–Crippen LogP) is 3.28. The number of rotatable bonds is 3. The molecule has 1 aliphatic rings. The van der Waals surface area contributed by atoms with Crippen molar-refractivity contribution in [2.24, 2.45) is 5.73 Å². The molecule has 1 heterocycles. The molecule has 0 spiro atoms. The van der Waals surface area contributed by atoms with E-state index >= 15 is 0 Å². The summed E-state index contributed by atoms with van der Waals surface area (Å²) in [5.74, 6) is -1.46. The lowest BCUT2D eigenvalue weighted by Gasteiger charge is -2.37. The average Bonchev–Trinajstić information content (AvgIpc) is 2.68. The van der Waals surface area contributed by atoms with Gasteiger partial charge in [-0.2, -0.15) is 5.26 Å². The zero-order valence-corrected chi connectivity index (χ0v) is 16.4. The highest BCUT2D eigenvalue weighted by atomic mass is 35.5. The van der Waals surface area contributed by atoms with Crippen molar-refractivity contribution in [2.45, 2.75) is 0 Å². The number of halogens is 2. The molecular weight excluding hydrogens is 403 g/mol. The monoisotopic (exact) mass is 420 g/mol. The van der Waals surface area contributed by atoms with Crippen LogP contribution in [0.25, 0.3) is 0 Å². The summed E-state index contributed by atoms with van der Waals surface area (Å²) in [4.78, 5) is 15.0. The maximum Gasteiger partial charge on any atom is 0.337 e. The molecule has 9 heteroatoms. The number of nitriles is 1. The Morgan fingerprint density at radius 2 is 1.82 bits per heavy atom. The number of nitrogens with two attached hydrogens (primary N) is 1. The summed E-state index contributed by atoms with van der Waals surface area (Å²) in [5, 5.41) is 18.0. The van der Waals surface area contributed by atoms with Gasteiger partial charge in [0.2, 0.25) is 0 Å². The SMILES string of the molecule is N#Cc1ccc(N2CCN(c3ccc(C(=O)O)c(Cl)c3)CC2)c(F)c1.NC=S. The standard InChI is InChI=1S/C18H15ClFN3O2.CH3NS/c19-15-10-13(2-3-14(15)18(24)25)22-5-7-23(8-6-22)17-4-1-12(11-21)9-16(17)20;2-1-3/h1-4,9-10H,5-8H2,(H,24,25);1H,(H2,2,3). The van der Waals surface area contributed by atoms with E-state index < -0.39 is 11.8 Å². The number of hydrogen-bond acceptors (Lipinski definition) is 5. The molecule has 2 aromatic rings. The Labute approximate surface area is 172 Å². The highest BCUT2D eigenvalue weighted by molar-refractivity contribution is 7.78. The minimum Gasteiger partial charge on any atom is -0.478 e. The van der Waals surface area contributed by atoms with E-state index in [4.69, 9.17) is 22.0 Å². The third-order valence-electron chi connectivity index (χ3n) is 4.25. The Balaban J connectivity index is 0.000000878. The van der Waals surface area contributed by atoms with Gasteiger partial charge in [-0.1, -0.05) is 23.8 Å². The van der Waals surface area contributed by atoms with Crippen molar-refractivity contribution in [3.05, 3.63) is 58.4 Å². The van der Waals surface area contributed by atoms with Gasteiger partial charge >= 0.3 is 5.97 Å². The number of piperazine rings is 1. The lowest BCUT2D eigenvalue weighted by molar-refractivity contribution is 0.0697. The fourth-order valence-corrected chi connectivity index (χ4v) is 3.17. The van der Waals surface area contributed by atoms with Crippen LogP contribution in [-0.2, 0) is 0 Å². The molecule has 0 aromatic heterocycles. The molecule has 2 aromatic carbocycles. The number of carboxylic acids is 1. The van der Waals surface area contributed by atoms with Gasteiger partial charge in [0, 0.05) is 31.9 Å². The van der Waals surface area contributed by atoms with Crippen molar-refractivity contribution < 1.29 is 14.3 Å². The normalized spacial score (nSPS) is 13.2. The molecule has 1 aliphatic heterocycles. The highest BCUT2D eigenvalue weighted by Gasteiger charge is 2.21. The molecule has 0 bridgehead atoms. The van der Waals surface area contributed by atoms with Gasteiger partial charge in [-0.05, 0) is 36.4 Å². The fraction of sp³-hybridized carbons (Fsp3) is 0.211. The van der Waals surface area contributed by atoms with Crippen LogP contribution in [-0.4, -0.2) is 42.7 Å². The van der Waals surface area contributed by atoms with Gasteiger partial charge in [-0.3, -0.25) is 0 Å². The molecule has 3 rings (SSSR count). The molecule has 6 nitrogen and oxygen atoms in total. The van der Waals surface area contributed by atoms with E-state index in [9.17, 15) is 9.18 Å². The summed E-state index contributed by atoms with van der Waals surface area (Å²) >= 11 is 10.1. The van der Waals surface area contributed by atoms with Crippen molar-refractivity contribution in [2.75, 3.05) is 36.0 Å². The Morgan fingerprint density at radius 1 is 1.21 bits per heavy atom. The molecule has 0 amide bonds. The molecular formula is C19H18ClFN4O2S. The quantitative estimate of drug-likeness (QED) is 0.736. The van der Waals surface area contributed by atoms with Crippen LogP contribution in [0.2, 0.25) is 5.02 Å². The van der Waals surface area contributed by atoms with Gasteiger partial charge in [0.05, 0.1) is 33.4 Å². The average molecular weight is 421 g/mol. The molecule has 0 saturated carbocycles. The van der Waals surface area contributed by atoms with E-state index in [0.717, 1.165) is 11.2 Å². The maximum atomic E-state index is 14.1. The van der Waals surface area contributed by atoms with Gasteiger partial charge in [0.15, 0.2) is 0 Å². The van der Waals surface area contributed by atoms with Crippen LogP contribution >= 0.6 is 23.8 Å². The van der Waals surface area contributed by atoms with Gasteiger partial charge in [0.25, 0.3) is 0 Å². The zero-order chi connectivity index (χ0) is 20.7. The molecule has 28 heavy (non-hydrogen) atoms. The summed E-state index contributed by atoms with van der Waals surface area (Å²) in [6, 6.07) is 11.3. The molecule has 0 atom stereocenters. The number of thiocarbonyl (C=S) groups is 1. The van der Waals surface area contributed by atoms with Crippen LogP contribution in [0.1, 0.15) is 15.9 Å². The van der Waals surface area contributed by atoms with Crippen LogP contribution in [0.15, 0.2) is 36.4 Å². The number of nitrogens with zero attached hydrogens (tertiary/aromatic N) is 3. The lowest BCUT2D eigenvalue weighted by atomic mass is 10.1. The first-order valence-electron chi connectivity index (χ1n) is 8.29. The minimum atomic E-state index is -1.06. The first-order chi connectivity index (χ1) is 13.4. The number of anilines is 2. The maximum absolute atomic E-state index is 14.1. The first kappa shape index (κ1) is 21.4. The molecule has 146 valence electrons. The van der Waals surface area contributed by atoms with Crippen LogP contribution in [0, 0.1) is 17.1 Å². The molecule has 1 fully saturated rings.